The maximum atomic E-state index is 10.8. The fourth-order valence-corrected chi connectivity index (χ4v) is 0.780. The van der Waals surface area contributed by atoms with Crippen LogP contribution in [0.1, 0.15) is 0 Å². The Kier molecular flexibility index (Phi) is 2.45. The lowest BCUT2D eigenvalue weighted by molar-refractivity contribution is -0.124. The Balaban J connectivity index is 2.58. The molecule has 0 bridgehead atoms. The molecule has 8 nitrogen and oxygen atoms in total. The zero-order valence-electron chi connectivity index (χ0n) is 5.63. The molecule has 12 heavy (non-hydrogen) atoms. The number of hydrogen-bond donors (Lipinski definition) is 2. The van der Waals surface area contributed by atoms with Gasteiger partial charge in [0.25, 0.3) is 17.2 Å². The molecule has 1 unspecified atom stereocenters. The van der Waals surface area contributed by atoms with Gasteiger partial charge in [-0.15, -0.1) is 5.01 Å². The molecule has 0 aromatic carbocycles. The molecular formula is C3H4N4O4S. The van der Waals surface area contributed by atoms with Crippen molar-refractivity contribution >= 4 is 23.2 Å². The molecule has 0 radical (unpaired) electrons. The molecule has 0 fully saturated rings. The largest absolute Gasteiger partial charge is 0.360 e. The van der Waals surface area contributed by atoms with Crippen molar-refractivity contribution < 1.29 is 18.4 Å². The van der Waals surface area contributed by atoms with Crippen LogP contribution in [-0.4, -0.2) is 32.3 Å². The number of carbonyl (C=O) groups is 2. The van der Waals surface area contributed by atoms with Gasteiger partial charge in [0.1, 0.15) is 6.54 Å². The third-order valence-corrected chi connectivity index (χ3v) is 1.31. The second kappa shape index (κ2) is 3.36. The maximum Gasteiger partial charge on any atom is 0.360 e. The normalized spacial score (nSPS) is 18.1. The first-order valence-corrected chi connectivity index (χ1v) is 3.84. The van der Waals surface area contributed by atoms with Gasteiger partial charge < -0.3 is 0 Å². The van der Waals surface area contributed by atoms with Crippen molar-refractivity contribution in [3.63, 3.8) is 0 Å². The van der Waals surface area contributed by atoms with Gasteiger partial charge in [-0.2, -0.15) is 5.11 Å². The van der Waals surface area contributed by atoms with Crippen molar-refractivity contribution in [3.05, 3.63) is 0 Å². The summed E-state index contributed by atoms with van der Waals surface area (Å²) in [5.74, 6) is -0.641. The minimum atomic E-state index is -2.50. The van der Waals surface area contributed by atoms with E-state index in [1.165, 1.54) is 0 Å². The monoisotopic (exact) mass is 192 g/mol. The van der Waals surface area contributed by atoms with Gasteiger partial charge in [-0.25, -0.2) is 13.7 Å². The maximum absolute atomic E-state index is 10.8. The Labute approximate surface area is 69.0 Å². The van der Waals surface area contributed by atoms with E-state index in [1.54, 1.807) is 4.72 Å². The molecule has 1 heterocycles. The predicted molar refractivity (Wildman–Crippen MR) is 35.9 cm³/mol. The summed E-state index contributed by atoms with van der Waals surface area (Å²) in [6.45, 7) is -0.217. The van der Waals surface area contributed by atoms with Gasteiger partial charge in [0.15, 0.2) is 0 Å². The molecule has 3 amide bonds. The van der Waals surface area contributed by atoms with Gasteiger partial charge in [-0.05, 0) is 0 Å². The first kappa shape index (κ1) is 8.74. The van der Waals surface area contributed by atoms with Crippen LogP contribution in [0.3, 0.4) is 0 Å². The van der Waals surface area contributed by atoms with E-state index >= 15 is 0 Å². The van der Waals surface area contributed by atoms with Crippen molar-refractivity contribution in [2.24, 2.45) is 10.3 Å². The summed E-state index contributed by atoms with van der Waals surface area (Å²) < 4.78 is 19.8. The first-order valence-electron chi connectivity index (χ1n) is 2.73. The van der Waals surface area contributed by atoms with E-state index in [-0.39, 0.29) is 6.54 Å². The molecule has 0 saturated carbocycles. The van der Waals surface area contributed by atoms with Crippen molar-refractivity contribution in [2.75, 3.05) is 6.54 Å². The third-order valence-electron chi connectivity index (χ3n) is 0.962. The number of urea groups is 1. The highest BCUT2D eigenvalue weighted by Gasteiger charge is 2.26. The van der Waals surface area contributed by atoms with E-state index in [9.17, 15) is 13.8 Å². The van der Waals surface area contributed by atoms with Crippen molar-refractivity contribution in [2.45, 2.75) is 0 Å². The molecule has 1 atom stereocenters. The Bertz CT molecular complexity index is 275. The lowest BCUT2D eigenvalue weighted by atomic mass is 10.6. The Morgan fingerprint density at radius 2 is 2.42 bits per heavy atom. The van der Waals surface area contributed by atoms with Crippen LogP contribution < -0.4 is 4.72 Å². The van der Waals surface area contributed by atoms with Crippen LogP contribution in [0.15, 0.2) is 10.3 Å². The van der Waals surface area contributed by atoms with E-state index in [0.717, 1.165) is 0 Å². The van der Waals surface area contributed by atoms with Crippen molar-refractivity contribution in [1.82, 2.24) is 9.73 Å². The van der Waals surface area contributed by atoms with Crippen LogP contribution >= 0.6 is 0 Å². The van der Waals surface area contributed by atoms with Crippen LogP contribution in [0.4, 0.5) is 4.79 Å². The Morgan fingerprint density at radius 3 is 2.83 bits per heavy atom. The van der Waals surface area contributed by atoms with E-state index in [1.807, 2.05) is 0 Å². The number of hydrogen-bond acceptors (Lipinski definition) is 5. The van der Waals surface area contributed by atoms with Crippen LogP contribution in [0.25, 0.3) is 0 Å². The second-order valence-corrected chi connectivity index (χ2v) is 2.45. The molecule has 9 heteroatoms. The van der Waals surface area contributed by atoms with Crippen molar-refractivity contribution in [1.29, 1.82) is 0 Å². The smallest absolute Gasteiger partial charge is 0.289 e. The minimum Gasteiger partial charge on any atom is -0.289 e. The van der Waals surface area contributed by atoms with E-state index in [2.05, 4.69) is 10.3 Å². The van der Waals surface area contributed by atoms with E-state index in [4.69, 9.17) is 4.55 Å². The quantitative estimate of drug-likeness (QED) is 0.521. The van der Waals surface area contributed by atoms with Gasteiger partial charge >= 0.3 is 6.03 Å². The average Bonchev–Trinajstić information content (AvgIpc) is 2.33. The zero-order valence-corrected chi connectivity index (χ0v) is 6.45. The first-order chi connectivity index (χ1) is 5.61. The highest BCUT2D eigenvalue weighted by molar-refractivity contribution is 7.77. The molecule has 1 aliphatic heterocycles. The molecule has 0 spiro atoms. The summed E-state index contributed by atoms with van der Waals surface area (Å²) in [6.07, 6.45) is 0. The predicted octanol–water partition coefficient (Wildman–Crippen LogP) is -0.958. The molecule has 66 valence electrons. The van der Waals surface area contributed by atoms with Gasteiger partial charge in [0, 0.05) is 0 Å². The van der Waals surface area contributed by atoms with Crippen LogP contribution in [0, 0.1) is 0 Å². The number of carbonyl (C=O) groups excluding carboxylic acids is 2. The summed E-state index contributed by atoms with van der Waals surface area (Å²) in [6, 6.07) is -1.07. The zero-order chi connectivity index (χ0) is 9.14. The highest BCUT2D eigenvalue weighted by atomic mass is 32.2. The molecule has 1 rings (SSSR count). The Hall–Kier alpha value is -1.35. The highest BCUT2D eigenvalue weighted by Crippen LogP contribution is 2.01. The summed E-state index contributed by atoms with van der Waals surface area (Å²) >= 11 is -2.50. The number of imide groups is 1. The number of rotatable bonds is 1. The van der Waals surface area contributed by atoms with E-state index in [0.29, 0.717) is 5.01 Å². The van der Waals surface area contributed by atoms with Crippen LogP contribution in [0.2, 0.25) is 0 Å². The molecule has 0 aromatic heterocycles. The molecular weight excluding hydrogens is 188 g/mol. The fraction of sp³-hybridized carbons (Fsp3) is 0.333. The van der Waals surface area contributed by atoms with E-state index < -0.39 is 23.2 Å². The molecule has 0 aliphatic carbocycles. The summed E-state index contributed by atoms with van der Waals surface area (Å²) in [5, 5.41) is 6.74. The Morgan fingerprint density at radius 1 is 1.75 bits per heavy atom. The fourth-order valence-electron chi connectivity index (χ4n) is 0.544. The van der Waals surface area contributed by atoms with Gasteiger partial charge in [0.05, 0.1) is 0 Å². The van der Waals surface area contributed by atoms with Crippen molar-refractivity contribution in [3.8, 4) is 0 Å². The number of nitrogens with one attached hydrogen (secondary N) is 1. The average molecular weight is 192 g/mol. The lowest BCUT2D eigenvalue weighted by Gasteiger charge is -2.05. The van der Waals surface area contributed by atoms with Gasteiger partial charge in [0.2, 0.25) is 0 Å². The topological polar surface area (TPSA) is 111 Å². The standard InChI is InChI=1S/C3H4N4O4S/c8-2-1-4-6-7(2)3(9)5-12(10)11/h1H2,(H,5,9)(H,10,11). The SMILES string of the molecule is O=C1CN=NN1C(=O)NS(=O)O. The number of nitrogens with zero attached hydrogens (tertiary/aromatic N) is 3. The number of amides is 3. The summed E-state index contributed by atoms with van der Waals surface area (Å²) in [7, 11) is 0. The van der Waals surface area contributed by atoms with Crippen LogP contribution in [-0.2, 0) is 16.1 Å². The van der Waals surface area contributed by atoms with Crippen LogP contribution in [0.5, 0.6) is 0 Å². The lowest BCUT2D eigenvalue weighted by Crippen LogP contribution is -2.39. The molecule has 2 N–H and O–H groups in total. The third kappa shape index (κ3) is 1.83. The van der Waals surface area contributed by atoms with Gasteiger partial charge in [-0.1, -0.05) is 5.22 Å². The molecule has 1 aliphatic rings. The molecule has 0 aromatic rings. The minimum absolute atomic E-state index is 0.217. The van der Waals surface area contributed by atoms with Gasteiger partial charge in [-0.3, -0.25) is 9.35 Å². The molecule has 0 saturated heterocycles. The summed E-state index contributed by atoms with van der Waals surface area (Å²) in [5.41, 5.74) is 0. The second-order valence-electron chi connectivity index (χ2n) is 1.75. The summed E-state index contributed by atoms with van der Waals surface area (Å²) in [4.78, 5) is 21.4.